The highest BCUT2D eigenvalue weighted by molar-refractivity contribution is 7.14. The van der Waals surface area contributed by atoms with E-state index in [1.165, 1.54) is 47.0 Å². The summed E-state index contributed by atoms with van der Waals surface area (Å²) in [5.74, 6) is -0.621. The second kappa shape index (κ2) is 6.05. The van der Waals surface area contributed by atoms with Crippen LogP contribution in [0.15, 0.2) is 30.6 Å². The number of carbonyl (C=O) groups is 2. The summed E-state index contributed by atoms with van der Waals surface area (Å²) in [5.41, 5.74) is 6.61. The number of pyridine rings is 1. The maximum atomic E-state index is 12.1. The van der Waals surface area contributed by atoms with E-state index in [0.717, 1.165) is 12.8 Å². The highest BCUT2D eigenvalue weighted by atomic mass is 32.1. The summed E-state index contributed by atoms with van der Waals surface area (Å²) in [5, 5.41) is 0. The van der Waals surface area contributed by atoms with E-state index < -0.39 is 0 Å². The van der Waals surface area contributed by atoms with Crippen LogP contribution in [0.4, 0.5) is 0 Å². The van der Waals surface area contributed by atoms with Crippen molar-refractivity contribution in [1.82, 2.24) is 15.8 Å². The monoisotopic (exact) mass is 301 g/mol. The molecular formula is C15H15N3O2S. The van der Waals surface area contributed by atoms with Gasteiger partial charge in [0.05, 0.1) is 4.88 Å². The van der Waals surface area contributed by atoms with Crippen LogP contribution in [0.3, 0.4) is 0 Å². The van der Waals surface area contributed by atoms with Crippen molar-refractivity contribution >= 4 is 23.2 Å². The molecule has 0 fully saturated rings. The van der Waals surface area contributed by atoms with E-state index >= 15 is 0 Å². The Balaban J connectivity index is 1.62. The Morgan fingerprint density at radius 2 is 1.76 bits per heavy atom. The average Bonchev–Trinajstić information content (AvgIpc) is 2.97. The molecule has 2 amide bonds. The Morgan fingerprint density at radius 3 is 2.52 bits per heavy atom. The van der Waals surface area contributed by atoms with Crippen LogP contribution >= 0.6 is 11.3 Å². The number of rotatable bonds is 2. The molecule has 2 N–H and O–H groups in total. The van der Waals surface area contributed by atoms with E-state index in [0.29, 0.717) is 10.4 Å². The van der Waals surface area contributed by atoms with Crippen LogP contribution in [0, 0.1) is 0 Å². The largest absolute Gasteiger partial charge is 0.279 e. The number of hydrogen-bond donors (Lipinski definition) is 2. The second-order valence-electron chi connectivity index (χ2n) is 4.91. The molecule has 1 aliphatic rings. The predicted octanol–water partition coefficient (Wildman–Crippen LogP) is 2.10. The number of amides is 2. The Labute approximate surface area is 126 Å². The molecule has 0 aromatic carbocycles. The highest BCUT2D eigenvalue weighted by Crippen LogP contribution is 2.29. The molecule has 0 bridgehead atoms. The van der Waals surface area contributed by atoms with Crippen LogP contribution < -0.4 is 10.9 Å². The van der Waals surface area contributed by atoms with Gasteiger partial charge in [0.25, 0.3) is 11.8 Å². The van der Waals surface area contributed by atoms with Gasteiger partial charge < -0.3 is 0 Å². The zero-order chi connectivity index (χ0) is 14.7. The molecule has 0 unspecified atom stereocenters. The van der Waals surface area contributed by atoms with Crippen LogP contribution in [0.5, 0.6) is 0 Å². The topological polar surface area (TPSA) is 71.1 Å². The van der Waals surface area contributed by atoms with Crippen molar-refractivity contribution in [3.05, 3.63) is 51.5 Å². The molecule has 0 saturated carbocycles. The molecule has 3 rings (SSSR count). The zero-order valence-electron chi connectivity index (χ0n) is 11.4. The van der Waals surface area contributed by atoms with Crippen molar-refractivity contribution in [2.45, 2.75) is 25.7 Å². The van der Waals surface area contributed by atoms with Crippen LogP contribution in [0.2, 0.25) is 0 Å². The number of thiophene rings is 1. The first kappa shape index (κ1) is 13.8. The molecule has 1 aliphatic carbocycles. The standard InChI is InChI=1S/C15H15N3O2S/c19-14(10-5-7-16-8-6-10)17-18-15(20)13-9-11-3-1-2-4-12(11)21-13/h5-9H,1-4H2,(H,17,19)(H,18,20). The summed E-state index contributed by atoms with van der Waals surface area (Å²) in [7, 11) is 0. The van der Waals surface area contributed by atoms with Crippen molar-refractivity contribution in [2.24, 2.45) is 0 Å². The molecule has 2 aromatic heterocycles. The fourth-order valence-electron chi connectivity index (χ4n) is 2.35. The van der Waals surface area contributed by atoms with Gasteiger partial charge in [-0.25, -0.2) is 0 Å². The van der Waals surface area contributed by atoms with E-state index in [1.807, 2.05) is 6.07 Å². The van der Waals surface area contributed by atoms with E-state index in [-0.39, 0.29) is 11.8 Å². The minimum atomic E-state index is -0.355. The fourth-order valence-corrected chi connectivity index (χ4v) is 3.50. The summed E-state index contributed by atoms with van der Waals surface area (Å²) >= 11 is 1.52. The Bertz CT molecular complexity index is 643. The van der Waals surface area contributed by atoms with Gasteiger partial charge in [0.15, 0.2) is 0 Å². The molecule has 0 aliphatic heterocycles. The zero-order valence-corrected chi connectivity index (χ0v) is 12.2. The second-order valence-corrected chi connectivity index (χ2v) is 6.05. The Hall–Kier alpha value is -2.21. The van der Waals surface area contributed by atoms with Gasteiger partial charge in [0.1, 0.15) is 0 Å². The van der Waals surface area contributed by atoms with Gasteiger partial charge in [0, 0.05) is 22.8 Å². The number of hydrogen-bond acceptors (Lipinski definition) is 4. The smallest absolute Gasteiger partial charge is 0.267 e. The third-order valence-electron chi connectivity index (χ3n) is 3.45. The minimum Gasteiger partial charge on any atom is -0.267 e. The van der Waals surface area contributed by atoms with Gasteiger partial charge >= 0.3 is 0 Å². The maximum absolute atomic E-state index is 12.1. The summed E-state index contributed by atoms with van der Waals surface area (Å²) in [6.45, 7) is 0. The molecule has 2 heterocycles. The molecule has 2 aromatic rings. The van der Waals surface area contributed by atoms with Gasteiger partial charge in [-0.3, -0.25) is 25.4 Å². The normalized spacial score (nSPS) is 13.3. The average molecular weight is 301 g/mol. The number of nitrogens with zero attached hydrogens (tertiary/aromatic N) is 1. The Kier molecular flexibility index (Phi) is 3.96. The molecular weight excluding hydrogens is 286 g/mol. The third kappa shape index (κ3) is 3.11. The van der Waals surface area contributed by atoms with E-state index in [4.69, 9.17) is 0 Å². The van der Waals surface area contributed by atoms with Crippen LogP contribution in [-0.4, -0.2) is 16.8 Å². The minimum absolute atomic E-state index is 0.267. The fraction of sp³-hybridized carbons (Fsp3) is 0.267. The number of fused-ring (bicyclic) bond motifs is 1. The molecule has 6 heteroatoms. The van der Waals surface area contributed by atoms with Crippen molar-refractivity contribution in [3.8, 4) is 0 Å². The van der Waals surface area contributed by atoms with Crippen LogP contribution in [0.25, 0.3) is 0 Å². The van der Waals surface area contributed by atoms with Crippen molar-refractivity contribution in [2.75, 3.05) is 0 Å². The molecule has 108 valence electrons. The highest BCUT2D eigenvalue weighted by Gasteiger charge is 2.17. The van der Waals surface area contributed by atoms with Crippen molar-refractivity contribution in [3.63, 3.8) is 0 Å². The first-order valence-electron chi connectivity index (χ1n) is 6.86. The number of aryl methyl sites for hydroxylation is 2. The Morgan fingerprint density at radius 1 is 1.05 bits per heavy atom. The van der Waals surface area contributed by atoms with E-state index in [1.54, 1.807) is 12.1 Å². The lowest BCUT2D eigenvalue weighted by Crippen LogP contribution is -2.41. The summed E-state index contributed by atoms with van der Waals surface area (Å²) < 4.78 is 0. The number of carbonyl (C=O) groups excluding carboxylic acids is 2. The lowest BCUT2D eigenvalue weighted by Gasteiger charge is -2.08. The van der Waals surface area contributed by atoms with E-state index in [2.05, 4.69) is 15.8 Å². The van der Waals surface area contributed by atoms with Crippen molar-refractivity contribution < 1.29 is 9.59 Å². The predicted molar refractivity (Wildman–Crippen MR) is 80.1 cm³/mol. The summed E-state index contributed by atoms with van der Waals surface area (Å²) in [6, 6.07) is 5.11. The van der Waals surface area contributed by atoms with Gasteiger partial charge in [-0.05, 0) is 49.4 Å². The van der Waals surface area contributed by atoms with Gasteiger partial charge in [-0.2, -0.15) is 0 Å². The number of nitrogens with one attached hydrogen (secondary N) is 2. The van der Waals surface area contributed by atoms with Crippen molar-refractivity contribution in [1.29, 1.82) is 0 Å². The quantitative estimate of drug-likeness (QED) is 0.834. The molecule has 5 nitrogen and oxygen atoms in total. The lowest BCUT2D eigenvalue weighted by molar-refractivity contribution is 0.0849. The van der Waals surface area contributed by atoms with Gasteiger partial charge in [-0.1, -0.05) is 0 Å². The third-order valence-corrected chi connectivity index (χ3v) is 4.69. The number of hydrazine groups is 1. The van der Waals surface area contributed by atoms with Gasteiger partial charge in [-0.15, -0.1) is 11.3 Å². The molecule has 0 spiro atoms. The molecule has 21 heavy (non-hydrogen) atoms. The summed E-state index contributed by atoms with van der Waals surface area (Å²) in [4.78, 5) is 29.7. The number of aromatic nitrogens is 1. The first-order valence-corrected chi connectivity index (χ1v) is 7.68. The maximum Gasteiger partial charge on any atom is 0.279 e. The SMILES string of the molecule is O=C(NNC(=O)c1cc2c(s1)CCCC2)c1ccncc1. The first-order chi connectivity index (χ1) is 10.2. The van der Waals surface area contributed by atoms with Gasteiger partial charge in [0.2, 0.25) is 0 Å². The molecule has 0 saturated heterocycles. The molecule has 0 radical (unpaired) electrons. The molecule has 0 atom stereocenters. The lowest BCUT2D eigenvalue weighted by atomic mass is 9.99. The van der Waals surface area contributed by atoms with E-state index in [9.17, 15) is 9.59 Å². The van der Waals surface area contributed by atoms with Crippen LogP contribution in [-0.2, 0) is 12.8 Å². The van der Waals surface area contributed by atoms with Crippen LogP contribution in [0.1, 0.15) is 43.3 Å². The summed E-state index contributed by atoms with van der Waals surface area (Å²) in [6.07, 6.45) is 7.53.